The van der Waals surface area contributed by atoms with Gasteiger partial charge in [-0.2, -0.15) is 17.0 Å². The molecule has 11 heteroatoms. The molecule has 0 aliphatic heterocycles. The van der Waals surface area contributed by atoms with Gasteiger partial charge in [0.25, 0.3) is 5.91 Å². The molecule has 0 bridgehead atoms. The third kappa shape index (κ3) is 5.44. The monoisotopic (exact) mass is 423 g/mol. The van der Waals surface area contributed by atoms with E-state index in [9.17, 15) is 14.4 Å². The fourth-order valence-corrected chi connectivity index (χ4v) is 3.60. The summed E-state index contributed by atoms with van der Waals surface area (Å²) < 4.78 is 4.22. The van der Waals surface area contributed by atoms with Gasteiger partial charge in [0.1, 0.15) is 5.00 Å². The van der Waals surface area contributed by atoms with Crippen LogP contribution in [-0.2, 0) is 0 Å². The maximum atomic E-state index is 12.0. The van der Waals surface area contributed by atoms with Gasteiger partial charge in [0.05, 0.1) is 22.1 Å². The van der Waals surface area contributed by atoms with Crippen molar-refractivity contribution in [1.82, 2.24) is 14.6 Å². The van der Waals surface area contributed by atoms with E-state index in [1.54, 1.807) is 12.1 Å². The standard InChI is InChI=1S/C17H21N5O4S2/c1-22(2)7-6-19-17(26)20-15-11(14(18)23)12(21-28-15)13(27)9-4-3-5-10(8-9)16(24)25/h3-5,8,13,27H,6-7H2,1-2H3,(H2,18,23)(H,24,25)(H2,19,20,26). The number of primary amides is 1. The molecule has 0 aliphatic carbocycles. The predicted molar refractivity (Wildman–Crippen MR) is 110 cm³/mol. The Morgan fingerprint density at radius 1 is 1.36 bits per heavy atom. The van der Waals surface area contributed by atoms with Crippen LogP contribution in [0.25, 0.3) is 0 Å². The molecule has 0 aliphatic rings. The first-order valence-electron chi connectivity index (χ1n) is 8.21. The fourth-order valence-electron chi connectivity index (χ4n) is 2.35. The number of nitrogens with zero attached hydrogens (tertiary/aromatic N) is 2. The molecule has 0 radical (unpaired) electrons. The quantitative estimate of drug-likeness (QED) is 0.409. The summed E-state index contributed by atoms with van der Waals surface area (Å²) in [6.45, 7) is 1.08. The van der Waals surface area contributed by atoms with E-state index in [2.05, 4.69) is 27.6 Å². The molecule has 3 amide bonds. The number of aromatic carboxylic acids is 1. The number of carbonyl (C=O) groups is 3. The molecule has 28 heavy (non-hydrogen) atoms. The molecule has 0 saturated carbocycles. The third-order valence-corrected chi connectivity index (χ3v) is 5.06. The van der Waals surface area contributed by atoms with E-state index < -0.39 is 23.2 Å². The van der Waals surface area contributed by atoms with Crippen molar-refractivity contribution < 1.29 is 19.5 Å². The minimum atomic E-state index is -1.08. The zero-order valence-corrected chi connectivity index (χ0v) is 17.0. The maximum absolute atomic E-state index is 12.0. The molecule has 1 unspecified atom stereocenters. The van der Waals surface area contributed by atoms with Crippen molar-refractivity contribution in [1.29, 1.82) is 0 Å². The summed E-state index contributed by atoms with van der Waals surface area (Å²) in [5.74, 6) is -1.84. The second-order valence-corrected chi connectivity index (χ2v) is 7.44. The minimum absolute atomic E-state index is 0.0495. The van der Waals surface area contributed by atoms with Crippen LogP contribution in [0.2, 0.25) is 0 Å². The number of nitrogens with one attached hydrogen (secondary N) is 2. The highest BCUT2D eigenvalue weighted by molar-refractivity contribution is 7.80. The Kier molecular flexibility index (Phi) is 7.38. The number of hydrogen-bond acceptors (Lipinski definition) is 7. The summed E-state index contributed by atoms with van der Waals surface area (Å²) in [6.07, 6.45) is 0. The van der Waals surface area contributed by atoms with Crippen LogP contribution in [-0.4, -0.2) is 59.5 Å². The average Bonchev–Trinajstić information content (AvgIpc) is 3.04. The van der Waals surface area contributed by atoms with Crippen LogP contribution >= 0.6 is 24.2 Å². The normalized spacial score (nSPS) is 11.9. The summed E-state index contributed by atoms with van der Waals surface area (Å²) in [4.78, 5) is 37.1. The lowest BCUT2D eigenvalue weighted by molar-refractivity contribution is 0.0696. The lowest BCUT2D eigenvalue weighted by Crippen LogP contribution is -2.34. The van der Waals surface area contributed by atoms with Gasteiger partial charge in [-0.05, 0) is 43.3 Å². The number of likely N-dealkylation sites (N-methyl/N-ethyl adjacent to an activating group) is 1. The summed E-state index contributed by atoms with van der Waals surface area (Å²) >= 11 is 5.39. The zero-order valence-electron chi connectivity index (χ0n) is 15.3. The number of benzene rings is 1. The molecule has 1 atom stereocenters. The smallest absolute Gasteiger partial charge is 0.335 e. The predicted octanol–water partition coefficient (Wildman–Crippen LogP) is 1.64. The summed E-state index contributed by atoms with van der Waals surface area (Å²) in [5, 5.41) is 13.9. The van der Waals surface area contributed by atoms with Crippen molar-refractivity contribution >= 4 is 47.1 Å². The Labute approximate surface area is 171 Å². The van der Waals surface area contributed by atoms with Crippen LogP contribution in [0.1, 0.15) is 37.2 Å². The van der Waals surface area contributed by atoms with Gasteiger partial charge >= 0.3 is 12.0 Å². The largest absolute Gasteiger partial charge is 0.478 e. The molecule has 2 aromatic rings. The van der Waals surface area contributed by atoms with Crippen LogP contribution in [0, 0.1) is 0 Å². The molecule has 150 valence electrons. The molecule has 5 N–H and O–H groups in total. The second kappa shape index (κ2) is 9.53. The van der Waals surface area contributed by atoms with E-state index in [0.717, 1.165) is 11.5 Å². The average molecular weight is 424 g/mol. The summed E-state index contributed by atoms with van der Waals surface area (Å²) in [6, 6.07) is 5.67. The first-order chi connectivity index (χ1) is 13.2. The van der Waals surface area contributed by atoms with Crippen molar-refractivity contribution in [2.24, 2.45) is 5.73 Å². The molecule has 1 aromatic heterocycles. The first-order valence-corrected chi connectivity index (χ1v) is 9.50. The molecule has 0 saturated heterocycles. The van der Waals surface area contributed by atoms with Gasteiger partial charge in [-0.3, -0.25) is 10.1 Å². The number of carboxylic acids is 1. The van der Waals surface area contributed by atoms with Crippen molar-refractivity contribution in [2.75, 3.05) is 32.5 Å². The number of nitrogens with two attached hydrogens (primary N) is 1. The number of amides is 3. The second-order valence-electron chi connectivity index (χ2n) is 6.15. The molecular weight excluding hydrogens is 402 g/mol. The maximum Gasteiger partial charge on any atom is 0.335 e. The number of carboxylic acid groups (broad SMARTS) is 1. The van der Waals surface area contributed by atoms with Crippen LogP contribution < -0.4 is 16.4 Å². The number of thiol groups is 1. The fraction of sp³-hybridized carbons (Fsp3) is 0.294. The van der Waals surface area contributed by atoms with Crippen molar-refractivity contribution in [3.05, 3.63) is 46.6 Å². The number of aromatic nitrogens is 1. The molecule has 0 fully saturated rings. The number of urea groups is 1. The van der Waals surface area contributed by atoms with Crippen molar-refractivity contribution in [3.8, 4) is 0 Å². The highest BCUT2D eigenvalue weighted by Gasteiger charge is 2.26. The molecule has 9 nitrogen and oxygen atoms in total. The Balaban J connectivity index is 2.24. The Morgan fingerprint density at radius 3 is 2.68 bits per heavy atom. The first kappa shape index (κ1) is 21.7. The van der Waals surface area contributed by atoms with Gasteiger partial charge in [-0.25, -0.2) is 9.59 Å². The van der Waals surface area contributed by atoms with Crippen LogP contribution in [0.15, 0.2) is 24.3 Å². The Bertz CT molecular complexity index is 884. The lowest BCUT2D eigenvalue weighted by atomic mass is 10.0. The van der Waals surface area contributed by atoms with E-state index in [1.165, 1.54) is 12.1 Å². The van der Waals surface area contributed by atoms with Crippen molar-refractivity contribution in [3.63, 3.8) is 0 Å². The summed E-state index contributed by atoms with van der Waals surface area (Å²) in [5.41, 5.74) is 6.43. The number of rotatable bonds is 8. The van der Waals surface area contributed by atoms with Gasteiger partial charge < -0.3 is 21.1 Å². The molecule has 2 rings (SSSR count). The third-order valence-electron chi connectivity index (χ3n) is 3.74. The van der Waals surface area contributed by atoms with Crippen LogP contribution in [0.5, 0.6) is 0 Å². The van der Waals surface area contributed by atoms with Gasteiger partial charge in [0.15, 0.2) is 0 Å². The zero-order chi connectivity index (χ0) is 20.8. The van der Waals surface area contributed by atoms with E-state index >= 15 is 0 Å². The van der Waals surface area contributed by atoms with E-state index in [4.69, 9.17) is 10.8 Å². The van der Waals surface area contributed by atoms with E-state index in [-0.39, 0.29) is 21.8 Å². The number of hydrogen-bond donors (Lipinski definition) is 5. The van der Waals surface area contributed by atoms with E-state index in [0.29, 0.717) is 18.7 Å². The van der Waals surface area contributed by atoms with Gasteiger partial charge in [-0.15, -0.1) is 0 Å². The lowest BCUT2D eigenvalue weighted by Gasteiger charge is -2.12. The van der Waals surface area contributed by atoms with E-state index in [1.807, 2.05) is 19.0 Å². The SMILES string of the molecule is CN(C)CCNC(=O)Nc1snc(C(S)c2cccc(C(=O)O)c2)c1C(N)=O. The van der Waals surface area contributed by atoms with Crippen molar-refractivity contribution in [2.45, 2.75) is 5.25 Å². The molecule has 1 heterocycles. The van der Waals surface area contributed by atoms with Gasteiger partial charge in [-0.1, -0.05) is 12.1 Å². The highest BCUT2D eigenvalue weighted by Crippen LogP contribution is 2.35. The topological polar surface area (TPSA) is 138 Å². The molecule has 1 aromatic carbocycles. The highest BCUT2D eigenvalue weighted by atomic mass is 32.1. The van der Waals surface area contributed by atoms with Crippen LogP contribution in [0.3, 0.4) is 0 Å². The Morgan fingerprint density at radius 2 is 2.07 bits per heavy atom. The molecule has 0 spiro atoms. The number of anilines is 1. The number of carbonyl (C=O) groups excluding carboxylic acids is 2. The Hall–Kier alpha value is -2.63. The molecular formula is C17H21N5O4S2. The van der Waals surface area contributed by atoms with Gasteiger partial charge in [0, 0.05) is 13.1 Å². The summed E-state index contributed by atoms with van der Waals surface area (Å²) in [7, 11) is 3.76. The minimum Gasteiger partial charge on any atom is -0.478 e. The van der Waals surface area contributed by atoms with Crippen LogP contribution in [0.4, 0.5) is 9.80 Å². The van der Waals surface area contributed by atoms with Gasteiger partial charge in [0.2, 0.25) is 0 Å².